The highest BCUT2D eigenvalue weighted by atomic mass is 16.4. The Morgan fingerprint density at radius 2 is 1.91 bits per heavy atom. The summed E-state index contributed by atoms with van der Waals surface area (Å²) in [5.41, 5.74) is 0.146. The second-order valence-electron chi connectivity index (χ2n) is 6.46. The SMILES string of the molecule is CN(C(=O)C1CC1)c1ccccc1C(=O)NCC1(C(=O)O)CC1. The van der Waals surface area contributed by atoms with E-state index in [0.29, 0.717) is 24.1 Å². The summed E-state index contributed by atoms with van der Waals surface area (Å²) in [7, 11) is 1.67. The van der Waals surface area contributed by atoms with Crippen LogP contribution in [-0.2, 0) is 9.59 Å². The number of para-hydroxylation sites is 1. The van der Waals surface area contributed by atoms with Crippen LogP contribution in [0.1, 0.15) is 36.0 Å². The van der Waals surface area contributed by atoms with Crippen molar-refractivity contribution in [1.29, 1.82) is 0 Å². The molecule has 0 saturated heterocycles. The predicted molar refractivity (Wildman–Crippen MR) is 84.2 cm³/mol. The first-order valence-corrected chi connectivity index (χ1v) is 7.83. The monoisotopic (exact) mass is 316 g/mol. The molecule has 0 heterocycles. The molecule has 122 valence electrons. The zero-order chi connectivity index (χ0) is 16.6. The van der Waals surface area contributed by atoms with Gasteiger partial charge >= 0.3 is 5.97 Å². The fourth-order valence-electron chi connectivity index (χ4n) is 2.64. The van der Waals surface area contributed by atoms with Gasteiger partial charge in [-0.1, -0.05) is 12.1 Å². The average molecular weight is 316 g/mol. The highest BCUT2D eigenvalue weighted by Gasteiger charge is 2.50. The van der Waals surface area contributed by atoms with Crippen LogP contribution in [0.2, 0.25) is 0 Å². The van der Waals surface area contributed by atoms with Crippen LogP contribution < -0.4 is 10.2 Å². The molecule has 0 atom stereocenters. The molecule has 0 spiro atoms. The number of hydrogen-bond acceptors (Lipinski definition) is 3. The standard InChI is InChI=1S/C17H20N2O4/c1-19(15(21)11-6-7-11)13-5-3-2-4-12(13)14(20)18-10-17(8-9-17)16(22)23/h2-5,11H,6-10H2,1H3,(H,18,20)(H,22,23). The Morgan fingerprint density at radius 1 is 1.26 bits per heavy atom. The Bertz CT molecular complexity index is 662. The van der Waals surface area contributed by atoms with E-state index in [2.05, 4.69) is 5.32 Å². The van der Waals surface area contributed by atoms with Crippen molar-refractivity contribution >= 4 is 23.5 Å². The summed E-state index contributed by atoms with van der Waals surface area (Å²) in [6, 6.07) is 6.90. The minimum atomic E-state index is -0.868. The maximum absolute atomic E-state index is 12.4. The minimum absolute atomic E-state index is 0.0226. The number of aliphatic carboxylic acids is 1. The lowest BCUT2D eigenvalue weighted by molar-refractivity contribution is -0.143. The van der Waals surface area contributed by atoms with Crippen LogP contribution in [0.4, 0.5) is 5.69 Å². The molecule has 2 saturated carbocycles. The summed E-state index contributed by atoms with van der Waals surface area (Å²) >= 11 is 0. The lowest BCUT2D eigenvalue weighted by Crippen LogP contribution is -2.36. The molecular weight excluding hydrogens is 296 g/mol. The first kappa shape index (κ1) is 15.5. The van der Waals surface area contributed by atoms with E-state index in [9.17, 15) is 14.4 Å². The van der Waals surface area contributed by atoms with Gasteiger partial charge in [0.15, 0.2) is 0 Å². The van der Waals surface area contributed by atoms with E-state index in [4.69, 9.17) is 5.11 Å². The molecule has 0 aliphatic heterocycles. The fourth-order valence-corrected chi connectivity index (χ4v) is 2.64. The van der Waals surface area contributed by atoms with Crippen molar-refractivity contribution in [3.05, 3.63) is 29.8 Å². The molecule has 0 aromatic heterocycles. The summed E-state index contributed by atoms with van der Waals surface area (Å²) in [4.78, 5) is 37.3. The van der Waals surface area contributed by atoms with Gasteiger partial charge in [-0.25, -0.2) is 0 Å². The summed E-state index contributed by atoms with van der Waals surface area (Å²) in [5.74, 6) is -1.12. The first-order chi connectivity index (χ1) is 10.9. The van der Waals surface area contributed by atoms with E-state index in [1.54, 1.807) is 31.3 Å². The number of rotatable bonds is 6. The number of anilines is 1. The molecule has 2 fully saturated rings. The van der Waals surface area contributed by atoms with Crippen LogP contribution in [0.5, 0.6) is 0 Å². The highest BCUT2D eigenvalue weighted by Crippen LogP contribution is 2.45. The van der Waals surface area contributed by atoms with Gasteiger partial charge in [0.05, 0.1) is 16.7 Å². The Morgan fingerprint density at radius 3 is 2.48 bits per heavy atom. The topological polar surface area (TPSA) is 86.7 Å². The first-order valence-electron chi connectivity index (χ1n) is 7.83. The van der Waals surface area contributed by atoms with Crippen molar-refractivity contribution in [3.8, 4) is 0 Å². The summed E-state index contributed by atoms with van der Waals surface area (Å²) in [6.07, 6.45) is 2.98. The normalized spacial score (nSPS) is 18.1. The molecule has 2 aliphatic carbocycles. The Hall–Kier alpha value is -2.37. The van der Waals surface area contributed by atoms with Crippen molar-refractivity contribution in [3.63, 3.8) is 0 Å². The van der Waals surface area contributed by atoms with E-state index in [-0.39, 0.29) is 24.3 Å². The Kier molecular flexibility index (Phi) is 3.83. The van der Waals surface area contributed by atoms with Crippen LogP contribution in [0, 0.1) is 11.3 Å². The summed E-state index contributed by atoms with van der Waals surface area (Å²) in [5, 5.41) is 11.9. The number of carbonyl (C=O) groups excluding carboxylic acids is 2. The van der Waals surface area contributed by atoms with Gasteiger partial charge < -0.3 is 15.3 Å². The lowest BCUT2D eigenvalue weighted by atomic mass is 10.1. The third-order valence-electron chi connectivity index (χ3n) is 4.66. The number of carboxylic acid groups (broad SMARTS) is 1. The number of amides is 2. The molecular formula is C17H20N2O4. The van der Waals surface area contributed by atoms with Crippen molar-refractivity contribution in [2.24, 2.45) is 11.3 Å². The fraction of sp³-hybridized carbons (Fsp3) is 0.471. The molecule has 1 aromatic carbocycles. The van der Waals surface area contributed by atoms with Gasteiger partial charge in [0.1, 0.15) is 0 Å². The molecule has 6 nitrogen and oxygen atoms in total. The molecule has 0 radical (unpaired) electrons. The molecule has 23 heavy (non-hydrogen) atoms. The van der Waals surface area contributed by atoms with E-state index in [0.717, 1.165) is 12.8 Å². The Balaban J connectivity index is 1.73. The molecule has 6 heteroatoms. The molecule has 1 aromatic rings. The minimum Gasteiger partial charge on any atom is -0.481 e. The van der Waals surface area contributed by atoms with Crippen LogP contribution >= 0.6 is 0 Å². The lowest BCUT2D eigenvalue weighted by Gasteiger charge is -2.21. The van der Waals surface area contributed by atoms with Crippen molar-refractivity contribution in [2.75, 3.05) is 18.5 Å². The van der Waals surface area contributed by atoms with Gasteiger partial charge in [-0.05, 0) is 37.8 Å². The summed E-state index contributed by atoms with van der Waals surface area (Å²) in [6.45, 7) is 0.121. The van der Waals surface area contributed by atoms with E-state index in [1.807, 2.05) is 0 Å². The Labute approximate surface area is 134 Å². The molecule has 2 aliphatic rings. The van der Waals surface area contributed by atoms with Crippen molar-refractivity contribution < 1.29 is 19.5 Å². The van der Waals surface area contributed by atoms with Crippen LogP contribution in [0.25, 0.3) is 0 Å². The van der Waals surface area contributed by atoms with Gasteiger partial charge in [-0.3, -0.25) is 14.4 Å². The van der Waals surface area contributed by atoms with Crippen molar-refractivity contribution in [2.45, 2.75) is 25.7 Å². The van der Waals surface area contributed by atoms with Crippen LogP contribution in [0.15, 0.2) is 24.3 Å². The van der Waals surface area contributed by atoms with E-state index in [1.165, 1.54) is 4.90 Å². The smallest absolute Gasteiger partial charge is 0.311 e. The maximum Gasteiger partial charge on any atom is 0.311 e. The maximum atomic E-state index is 12.4. The third kappa shape index (κ3) is 3.06. The second kappa shape index (κ2) is 5.68. The number of carboxylic acids is 1. The largest absolute Gasteiger partial charge is 0.481 e. The third-order valence-corrected chi connectivity index (χ3v) is 4.66. The molecule has 3 rings (SSSR count). The second-order valence-corrected chi connectivity index (χ2v) is 6.46. The molecule has 2 N–H and O–H groups in total. The van der Waals surface area contributed by atoms with Crippen LogP contribution in [-0.4, -0.2) is 36.5 Å². The number of benzene rings is 1. The van der Waals surface area contributed by atoms with Crippen molar-refractivity contribution in [1.82, 2.24) is 5.32 Å². The molecule has 0 unspecified atom stereocenters. The average Bonchev–Trinajstić information content (AvgIpc) is 3.44. The van der Waals surface area contributed by atoms with Crippen LogP contribution in [0.3, 0.4) is 0 Å². The summed E-state index contributed by atoms with van der Waals surface area (Å²) < 4.78 is 0. The number of carbonyl (C=O) groups is 3. The predicted octanol–water partition coefficient (Wildman–Crippen LogP) is 1.65. The van der Waals surface area contributed by atoms with Gasteiger partial charge in [0.2, 0.25) is 5.91 Å². The van der Waals surface area contributed by atoms with E-state index < -0.39 is 11.4 Å². The zero-order valence-electron chi connectivity index (χ0n) is 13.0. The van der Waals surface area contributed by atoms with Gasteiger partial charge in [-0.15, -0.1) is 0 Å². The number of nitrogens with zero attached hydrogens (tertiary/aromatic N) is 1. The van der Waals surface area contributed by atoms with E-state index >= 15 is 0 Å². The number of nitrogens with one attached hydrogen (secondary N) is 1. The highest BCUT2D eigenvalue weighted by molar-refractivity contribution is 6.05. The number of hydrogen-bond donors (Lipinski definition) is 2. The zero-order valence-corrected chi connectivity index (χ0v) is 13.0. The van der Waals surface area contributed by atoms with Gasteiger partial charge in [-0.2, -0.15) is 0 Å². The quantitative estimate of drug-likeness (QED) is 0.835. The molecule has 0 bridgehead atoms. The molecule has 2 amide bonds. The van der Waals surface area contributed by atoms with Gasteiger partial charge in [0, 0.05) is 19.5 Å². The van der Waals surface area contributed by atoms with Gasteiger partial charge in [0.25, 0.3) is 5.91 Å².